The van der Waals surface area contributed by atoms with E-state index >= 15 is 0 Å². The molecule has 0 saturated heterocycles. The summed E-state index contributed by atoms with van der Waals surface area (Å²) in [5, 5.41) is 1.26. The Balaban J connectivity index is 2.24. The molecule has 2 aromatic heterocycles. The molecule has 3 aromatic rings. The van der Waals surface area contributed by atoms with Crippen molar-refractivity contribution in [2.45, 2.75) is 39.7 Å². The summed E-state index contributed by atoms with van der Waals surface area (Å²) < 4.78 is 2.38. The fraction of sp³-hybridized carbons (Fsp3) is 0.316. The van der Waals surface area contributed by atoms with Crippen LogP contribution in [0.15, 0.2) is 48.7 Å². The first kappa shape index (κ1) is 13.9. The van der Waals surface area contributed by atoms with Crippen molar-refractivity contribution in [3.63, 3.8) is 0 Å². The maximum Gasteiger partial charge on any atom is 0.140 e. The normalized spacial score (nSPS) is 12.0. The van der Waals surface area contributed by atoms with E-state index in [1.165, 1.54) is 22.2 Å². The van der Waals surface area contributed by atoms with Gasteiger partial charge in [0.05, 0.1) is 0 Å². The molecule has 0 bridgehead atoms. The summed E-state index contributed by atoms with van der Waals surface area (Å²) in [7, 11) is 0. The number of benzene rings is 1. The van der Waals surface area contributed by atoms with Gasteiger partial charge in [-0.05, 0) is 30.2 Å². The lowest BCUT2D eigenvalue weighted by Gasteiger charge is -2.23. The fourth-order valence-corrected chi connectivity index (χ4v) is 3.23. The van der Waals surface area contributed by atoms with Crippen molar-refractivity contribution in [3.05, 3.63) is 65.5 Å². The molecule has 0 saturated carbocycles. The Bertz CT molecular complexity index is 761. The molecule has 0 aliphatic heterocycles. The number of rotatable bonds is 2. The van der Waals surface area contributed by atoms with Crippen LogP contribution in [0.25, 0.3) is 11.0 Å². The molecular formula is C19H22N2. The number of hydrogen-bond donors (Lipinski definition) is 0. The van der Waals surface area contributed by atoms with Crippen molar-refractivity contribution >= 4 is 11.0 Å². The first-order valence-corrected chi connectivity index (χ1v) is 7.46. The number of aromatic nitrogens is 2. The van der Waals surface area contributed by atoms with E-state index in [-0.39, 0.29) is 5.41 Å². The molecule has 3 rings (SSSR count). The number of aryl methyl sites for hydroxylation is 1. The molecule has 2 heteroatoms. The summed E-state index contributed by atoms with van der Waals surface area (Å²) in [6.07, 6.45) is 1.88. The summed E-state index contributed by atoms with van der Waals surface area (Å²) >= 11 is 0. The summed E-state index contributed by atoms with van der Waals surface area (Å²) in [4.78, 5) is 4.64. The molecular weight excluding hydrogens is 256 g/mol. The van der Waals surface area contributed by atoms with Crippen molar-refractivity contribution in [1.29, 1.82) is 0 Å². The number of hydrogen-bond acceptors (Lipinski definition) is 1. The quantitative estimate of drug-likeness (QED) is 0.665. The van der Waals surface area contributed by atoms with E-state index in [2.05, 4.69) is 73.6 Å². The monoisotopic (exact) mass is 278 g/mol. The molecule has 0 N–H and O–H groups in total. The molecule has 0 spiro atoms. The molecule has 0 fully saturated rings. The average Bonchev–Trinajstić information content (AvgIpc) is 2.73. The number of nitrogens with zero attached hydrogens (tertiary/aromatic N) is 2. The molecule has 0 radical (unpaired) electrons. The largest absolute Gasteiger partial charge is 0.324 e. The van der Waals surface area contributed by atoms with Crippen LogP contribution in [0, 0.1) is 6.92 Å². The van der Waals surface area contributed by atoms with Gasteiger partial charge in [-0.2, -0.15) is 0 Å². The molecule has 21 heavy (non-hydrogen) atoms. The standard InChI is InChI=1S/C19H22N2/c1-14-16-11-8-12-20-18(16)21(17(14)19(2,3)4)13-15-9-6-5-7-10-15/h5-12H,13H2,1-4H3. The Labute approximate surface area is 126 Å². The summed E-state index contributed by atoms with van der Waals surface area (Å²) in [6.45, 7) is 9.90. The highest BCUT2D eigenvalue weighted by molar-refractivity contribution is 5.82. The number of pyridine rings is 1. The topological polar surface area (TPSA) is 17.8 Å². The highest BCUT2D eigenvalue weighted by Gasteiger charge is 2.25. The van der Waals surface area contributed by atoms with Gasteiger partial charge in [-0.25, -0.2) is 4.98 Å². The summed E-state index contributed by atoms with van der Waals surface area (Å²) in [6, 6.07) is 14.8. The Morgan fingerprint density at radius 3 is 2.38 bits per heavy atom. The maximum absolute atomic E-state index is 4.64. The second-order valence-corrected chi connectivity index (χ2v) is 6.67. The summed E-state index contributed by atoms with van der Waals surface area (Å²) in [5.74, 6) is 0. The van der Waals surface area contributed by atoms with Crippen LogP contribution in [0.5, 0.6) is 0 Å². The minimum absolute atomic E-state index is 0.0968. The molecule has 0 atom stereocenters. The molecule has 2 nitrogen and oxygen atoms in total. The van der Waals surface area contributed by atoms with Crippen LogP contribution < -0.4 is 0 Å². The second-order valence-electron chi connectivity index (χ2n) is 6.67. The molecule has 1 aromatic carbocycles. The van der Waals surface area contributed by atoms with Crippen LogP contribution in [0.3, 0.4) is 0 Å². The van der Waals surface area contributed by atoms with E-state index in [9.17, 15) is 0 Å². The average molecular weight is 278 g/mol. The first-order chi connectivity index (χ1) is 9.98. The van der Waals surface area contributed by atoms with Gasteiger partial charge in [0.15, 0.2) is 0 Å². The molecule has 0 aliphatic rings. The third-order valence-corrected chi connectivity index (χ3v) is 3.97. The lowest BCUT2D eigenvalue weighted by atomic mass is 9.89. The van der Waals surface area contributed by atoms with E-state index in [1.807, 2.05) is 12.3 Å². The molecule has 108 valence electrons. The summed E-state index contributed by atoms with van der Waals surface area (Å²) in [5.41, 5.74) is 5.22. The first-order valence-electron chi connectivity index (χ1n) is 7.46. The van der Waals surface area contributed by atoms with Crippen LogP contribution >= 0.6 is 0 Å². The van der Waals surface area contributed by atoms with Gasteiger partial charge in [0.25, 0.3) is 0 Å². The minimum atomic E-state index is 0.0968. The third-order valence-electron chi connectivity index (χ3n) is 3.97. The van der Waals surface area contributed by atoms with Gasteiger partial charge in [-0.1, -0.05) is 51.1 Å². The fourth-order valence-electron chi connectivity index (χ4n) is 3.23. The van der Waals surface area contributed by atoms with E-state index in [0.29, 0.717) is 0 Å². The molecule has 0 aliphatic carbocycles. The predicted octanol–water partition coefficient (Wildman–Crippen LogP) is 4.69. The van der Waals surface area contributed by atoms with Crippen LogP contribution in [0.1, 0.15) is 37.6 Å². The zero-order valence-corrected chi connectivity index (χ0v) is 13.2. The molecule has 0 amide bonds. The Kier molecular flexibility index (Phi) is 3.32. The lowest BCUT2D eigenvalue weighted by Crippen LogP contribution is -2.19. The van der Waals surface area contributed by atoms with Gasteiger partial charge in [-0.15, -0.1) is 0 Å². The highest BCUT2D eigenvalue weighted by atomic mass is 15.1. The van der Waals surface area contributed by atoms with Crippen LogP contribution in [0.4, 0.5) is 0 Å². The molecule has 2 heterocycles. The van der Waals surface area contributed by atoms with Gasteiger partial charge in [0.1, 0.15) is 5.65 Å². The van der Waals surface area contributed by atoms with Crippen molar-refractivity contribution < 1.29 is 0 Å². The zero-order valence-electron chi connectivity index (χ0n) is 13.2. The van der Waals surface area contributed by atoms with E-state index < -0.39 is 0 Å². The Morgan fingerprint density at radius 1 is 1.00 bits per heavy atom. The maximum atomic E-state index is 4.64. The van der Waals surface area contributed by atoms with Gasteiger partial charge < -0.3 is 4.57 Å². The SMILES string of the molecule is Cc1c(C(C)(C)C)n(Cc2ccccc2)c2ncccc12. The second kappa shape index (κ2) is 5.03. The Morgan fingerprint density at radius 2 is 1.71 bits per heavy atom. The Hall–Kier alpha value is -2.09. The highest BCUT2D eigenvalue weighted by Crippen LogP contribution is 2.33. The van der Waals surface area contributed by atoms with Gasteiger partial charge in [0.2, 0.25) is 0 Å². The van der Waals surface area contributed by atoms with Crippen LogP contribution in [0.2, 0.25) is 0 Å². The van der Waals surface area contributed by atoms with Crippen molar-refractivity contribution in [2.24, 2.45) is 0 Å². The van der Waals surface area contributed by atoms with E-state index in [0.717, 1.165) is 12.2 Å². The van der Waals surface area contributed by atoms with Gasteiger partial charge >= 0.3 is 0 Å². The smallest absolute Gasteiger partial charge is 0.140 e. The van der Waals surface area contributed by atoms with E-state index in [4.69, 9.17) is 0 Å². The lowest BCUT2D eigenvalue weighted by molar-refractivity contribution is 0.531. The zero-order chi connectivity index (χ0) is 15.0. The predicted molar refractivity (Wildman–Crippen MR) is 88.7 cm³/mol. The van der Waals surface area contributed by atoms with Crippen molar-refractivity contribution in [2.75, 3.05) is 0 Å². The van der Waals surface area contributed by atoms with Crippen LogP contribution in [-0.2, 0) is 12.0 Å². The minimum Gasteiger partial charge on any atom is -0.324 e. The van der Waals surface area contributed by atoms with Gasteiger partial charge in [0, 0.05) is 29.2 Å². The van der Waals surface area contributed by atoms with Gasteiger partial charge in [-0.3, -0.25) is 0 Å². The van der Waals surface area contributed by atoms with Crippen LogP contribution in [-0.4, -0.2) is 9.55 Å². The van der Waals surface area contributed by atoms with Crippen molar-refractivity contribution in [1.82, 2.24) is 9.55 Å². The molecule has 0 unspecified atom stereocenters. The van der Waals surface area contributed by atoms with E-state index in [1.54, 1.807) is 0 Å². The third kappa shape index (κ3) is 2.46. The number of fused-ring (bicyclic) bond motifs is 1. The van der Waals surface area contributed by atoms with Crippen molar-refractivity contribution in [3.8, 4) is 0 Å².